The summed E-state index contributed by atoms with van der Waals surface area (Å²) in [6.45, 7) is 4.18. The lowest BCUT2D eigenvalue weighted by atomic mass is 9.86. The highest BCUT2D eigenvalue weighted by Crippen LogP contribution is 2.26. The summed E-state index contributed by atoms with van der Waals surface area (Å²) in [5, 5.41) is 10.6. The molecule has 3 N–H and O–H groups in total. The van der Waals surface area contributed by atoms with E-state index in [2.05, 4.69) is 52.1 Å². The van der Waals surface area contributed by atoms with Gasteiger partial charge in [-0.05, 0) is 75.0 Å². The smallest absolute Gasteiger partial charge is 0.258 e. The third kappa shape index (κ3) is 5.87. The molecule has 6 heteroatoms. The molecule has 1 unspecified atom stereocenters. The van der Waals surface area contributed by atoms with Crippen molar-refractivity contribution in [2.24, 2.45) is 5.92 Å². The van der Waals surface area contributed by atoms with Crippen LogP contribution >= 0.6 is 11.6 Å². The van der Waals surface area contributed by atoms with Gasteiger partial charge in [-0.25, -0.2) is 4.98 Å². The molecule has 1 atom stereocenters. The third-order valence-corrected chi connectivity index (χ3v) is 6.20. The van der Waals surface area contributed by atoms with Crippen LogP contribution in [0, 0.1) is 12.8 Å². The molecule has 0 radical (unpaired) electrons. The lowest BCUT2D eigenvalue weighted by Gasteiger charge is -2.33. The molecule has 1 amide bonds. The number of hydrogen-bond donors (Lipinski definition) is 3. The number of benzene rings is 2. The average molecular weight is 449 g/mol. The van der Waals surface area contributed by atoms with Gasteiger partial charge in [0.1, 0.15) is 5.82 Å². The number of aryl methyl sites for hydroxylation is 1. The van der Waals surface area contributed by atoms with Crippen molar-refractivity contribution in [2.45, 2.75) is 32.2 Å². The number of amides is 1. The van der Waals surface area contributed by atoms with Crippen LogP contribution < -0.4 is 16.0 Å². The fourth-order valence-corrected chi connectivity index (χ4v) is 4.43. The molecule has 2 heterocycles. The van der Waals surface area contributed by atoms with Crippen LogP contribution in [-0.4, -0.2) is 30.0 Å². The molecule has 32 heavy (non-hydrogen) atoms. The average Bonchev–Trinajstić information content (AvgIpc) is 2.81. The number of aromatic nitrogens is 1. The highest BCUT2D eigenvalue weighted by atomic mass is 35.5. The molecule has 0 saturated carbocycles. The zero-order chi connectivity index (χ0) is 22.3. The summed E-state index contributed by atoms with van der Waals surface area (Å²) >= 11 is 5.91. The van der Waals surface area contributed by atoms with Crippen molar-refractivity contribution in [2.75, 3.05) is 23.7 Å². The van der Waals surface area contributed by atoms with Crippen LogP contribution in [0.3, 0.4) is 0 Å². The molecule has 5 nitrogen and oxygen atoms in total. The van der Waals surface area contributed by atoms with Gasteiger partial charge in [-0.15, -0.1) is 0 Å². The maximum absolute atomic E-state index is 13.0. The highest BCUT2D eigenvalue weighted by molar-refractivity contribution is 6.30. The second-order valence-corrected chi connectivity index (χ2v) is 8.83. The van der Waals surface area contributed by atoms with Gasteiger partial charge < -0.3 is 16.0 Å². The maximum Gasteiger partial charge on any atom is 0.258 e. The van der Waals surface area contributed by atoms with Gasteiger partial charge in [0.25, 0.3) is 5.91 Å². The first-order chi connectivity index (χ1) is 15.6. The largest absolute Gasteiger partial charge is 0.381 e. The minimum atomic E-state index is -0.192. The maximum atomic E-state index is 13.0. The van der Waals surface area contributed by atoms with Crippen molar-refractivity contribution in [1.82, 2.24) is 10.3 Å². The monoisotopic (exact) mass is 448 g/mol. The summed E-state index contributed by atoms with van der Waals surface area (Å²) in [7, 11) is 0. The van der Waals surface area contributed by atoms with E-state index >= 15 is 0 Å². The van der Waals surface area contributed by atoms with Crippen LogP contribution in [0.25, 0.3) is 0 Å². The third-order valence-electron chi connectivity index (χ3n) is 5.97. The Bertz CT molecular complexity index is 1050. The van der Waals surface area contributed by atoms with Crippen LogP contribution in [-0.2, 0) is 6.42 Å². The van der Waals surface area contributed by atoms with Gasteiger partial charge in [-0.2, -0.15) is 0 Å². The van der Waals surface area contributed by atoms with Gasteiger partial charge >= 0.3 is 0 Å². The fourth-order valence-electron chi connectivity index (χ4n) is 4.32. The second-order valence-electron chi connectivity index (χ2n) is 8.39. The first-order valence-electron chi connectivity index (χ1n) is 11.1. The zero-order valence-corrected chi connectivity index (χ0v) is 19.0. The van der Waals surface area contributed by atoms with Gasteiger partial charge in [0, 0.05) is 17.9 Å². The van der Waals surface area contributed by atoms with E-state index in [4.69, 9.17) is 11.6 Å². The Morgan fingerprint density at radius 3 is 2.69 bits per heavy atom. The molecular weight excluding hydrogens is 420 g/mol. The van der Waals surface area contributed by atoms with E-state index in [0.717, 1.165) is 38.0 Å². The summed E-state index contributed by atoms with van der Waals surface area (Å²) in [4.78, 5) is 17.2. The highest BCUT2D eigenvalue weighted by Gasteiger charge is 2.25. The first kappa shape index (κ1) is 22.3. The Morgan fingerprint density at radius 2 is 1.94 bits per heavy atom. The number of piperidine rings is 1. The van der Waals surface area contributed by atoms with Crippen LogP contribution in [0.15, 0.2) is 66.9 Å². The van der Waals surface area contributed by atoms with Crippen molar-refractivity contribution in [1.29, 1.82) is 0 Å². The number of anilines is 2. The summed E-state index contributed by atoms with van der Waals surface area (Å²) in [6, 6.07) is 20.0. The summed E-state index contributed by atoms with van der Waals surface area (Å²) < 4.78 is 0. The molecule has 1 saturated heterocycles. The molecule has 0 bridgehead atoms. The van der Waals surface area contributed by atoms with Crippen LogP contribution in [0.5, 0.6) is 0 Å². The standard InChI is InChI=1S/C26H29ClN4O/c1-18-5-4-6-19(15-18)16-24(20-11-13-28-14-12-20)30-23-8-3-2-7-22(23)26(32)31-25-10-9-21(27)17-29-25/h2-10,15,17,20,24,28,30H,11-14,16H2,1H3,(H,29,31,32). The van der Waals surface area contributed by atoms with Crippen LogP contribution in [0.2, 0.25) is 5.02 Å². The number of carbonyl (C=O) groups excluding carboxylic acids is 1. The minimum Gasteiger partial charge on any atom is -0.381 e. The number of pyridine rings is 1. The van der Waals surface area contributed by atoms with Crippen LogP contribution in [0.1, 0.15) is 34.3 Å². The van der Waals surface area contributed by atoms with Gasteiger partial charge in [0.05, 0.1) is 10.6 Å². The first-order valence-corrected chi connectivity index (χ1v) is 11.5. The number of hydrogen-bond acceptors (Lipinski definition) is 4. The number of nitrogens with zero attached hydrogens (tertiary/aromatic N) is 1. The Hall–Kier alpha value is -2.89. The van der Waals surface area contributed by atoms with Crippen molar-refractivity contribution in [3.05, 3.63) is 88.6 Å². The van der Waals surface area contributed by atoms with E-state index < -0.39 is 0 Å². The Balaban J connectivity index is 1.56. The van der Waals surface area contributed by atoms with E-state index in [-0.39, 0.29) is 11.9 Å². The molecule has 0 spiro atoms. The van der Waals surface area contributed by atoms with Gasteiger partial charge in [0.15, 0.2) is 0 Å². The minimum absolute atomic E-state index is 0.192. The number of para-hydroxylation sites is 1. The Labute approximate surface area is 194 Å². The van der Waals surface area contributed by atoms with Crippen molar-refractivity contribution >= 4 is 29.0 Å². The quantitative estimate of drug-likeness (QED) is 0.457. The molecule has 4 rings (SSSR count). The molecule has 0 aliphatic carbocycles. The predicted molar refractivity (Wildman–Crippen MR) is 132 cm³/mol. The lowest BCUT2D eigenvalue weighted by molar-refractivity contribution is 0.102. The molecule has 1 aliphatic heterocycles. The molecule has 3 aromatic rings. The van der Waals surface area contributed by atoms with Crippen molar-refractivity contribution in [3.63, 3.8) is 0 Å². The number of carbonyl (C=O) groups is 1. The molecule has 1 aliphatic rings. The Morgan fingerprint density at radius 1 is 1.12 bits per heavy atom. The fraction of sp³-hybridized carbons (Fsp3) is 0.308. The summed E-state index contributed by atoms with van der Waals surface area (Å²) in [6.07, 6.45) is 4.68. The van der Waals surface area contributed by atoms with Gasteiger partial charge in [-0.3, -0.25) is 4.79 Å². The molecule has 1 fully saturated rings. The van der Waals surface area contributed by atoms with Crippen molar-refractivity contribution < 1.29 is 4.79 Å². The second kappa shape index (κ2) is 10.6. The number of rotatable bonds is 7. The van der Waals surface area contributed by atoms with Crippen molar-refractivity contribution in [3.8, 4) is 0 Å². The topological polar surface area (TPSA) is 66.0 Å². The number of nitrogens with one attached hydrogen (secondary N) is 3. The van der Waals surface area contributed by atoms with E-state index in [1.807, 2.05) is 24.3 Å². The molecule has 1 aromatic heterocycles. The lowest BCUT2D eigenvalue weighted by Crippen LogP contribution is -2.39. The van der Waals surface area contributed by atoms with Gasteiger partial charge in [-0.1, -0.05) is 53.6 Å². The normalized spacial score (nSPS) is 15.2. The van der Waals surface area contributed by atoms with E-state index in [1.54, 1.807) is 12.1 Å². The summed E-state index contributed by atoms with van der Waals surface area (Å²) in [5.41, 5.74) is 4.03. The van der Waals surface area contributed by atoms with E-state index in [0.29, 0.717) is 22.3 Å². The molecule has 2 aromatic carbocycles. The van der Waals surface area contributed by atoms with E-state index in [1.165, 1.54) is 17.3 Å². The van der Waals surface area contributed by atoms with Crippen LogP contribution in [0.4, 0.5) is 11.5 Å². The molecule has 166 valence electrons. The SMILES string of the molecule is Cc1cccc(CC(Nc2ccccc2C(=O)Nc2ccc(Cl)cn2)C2CCNCC2)c1. The molecular formula is C26H29ClN4O. The zero-order valence-electron chi connectivity index (χ0n) is 18.3. The number of halogens is 1. The van der Waals surface area contributed by atoms with E-state index in [9.17, 15) is 4.79 Å². The predicted octanol–water partition coefficient (Wildman–Crippen LogP) is 5.32. The Kier molecular flexibility index (Phi) is 7.40. The summed E-state index contributed by atoms with van der Waals surface area (Å²) in [5.74, 6) is 0.817. The van der Waals surface area contributed by atoms with Gasteiger partial charge in [0.2, 0.25) is 0 Å².